The average Bonchev–Trinajstić information content (AvgIpc) is 2.96. The van der Waals surface area contributed by atoms with Crippen LogP contribution in [0.5, 0.6) is 5.75 Å². The molecule has 216 valence electrons. The fourth-order valence-electron chi connectivity index (χ4n) is 5.59. The standard InChI is InChI=1S/C31H46N2O6/c1-23(19-36-3)20-37-21-24-5-8-26(9-6-24)31-27(18-34)16-32-17-30(31)39-22-25-7-10-29-28(15-25)33(12-14-38-29)11-4-13-35-2/h5-10,15,23,27,30-32,34H,4,11-14,16-22H2,1-3H3/t23?,27-,30-,31-/m0/s1. The van der Waals surface area contributed by atoms with Crippen molar-refractivity contribution in [1.82, 2.24) is 5.32 Å². The van der Waals surface area contributed by atoms with E-state index in [4.69, 9.17) is 23.7 Å². The molecule has 8 nitrogen and oxygen atoms in total. The molecular weight excluding hydrogens is 496 g/mol. The SMILES string of the molecule is COCCCN1CCOc2ccc(CO[C@H]3CNC[C@@H](CO)[C@@H]3c3ccc(COCC(C)COC)cc3)cc21. The molecule has 4 rings (SSSR count). The van der Waals surface area contributed by atoms with E-state index in [0.29, 0.717) is 39.0 Å². The Morgan fingerprint density at radius 1 is 1.03 bits per heavy atom. The van der Waals surface area contributed by atoms with E-state index in [0.717, 1.165) is 61.8 Å². The highest BCUT2D eigenvalue weighted by molar-refractivity contribution is 5.61. The van der Waals surface area contributed by atoms with Crippen molar-refractivity contribution in [1.29, 1.82) is 0 Å². The van der Waals surface area contributed by atoms with Gasteiger partial charge in [0, 0.05) is 64.8 Å². The fourth-order valence-corrected chi connectivity index (χ4v) is 5.59. The molecule has 0 bridgehead atoms. The zero-order valence-corrected chi connectivity index (χ0v) is 23.8. The second-order valence-corrected chi connectivity index (χ2v) is 10.8. The minimum Gasteiger partial charge on any atom is -0.490 e. The number of hydrogen-bond donors (Lipinski definition) is 2. The van der Waals surface area contributed by atoms with Crippen LogP contribution in [0.25, 0.3) is 0 Å². The molecule has 1 unspecified atom stereocenters. The van der Waals surface area contributed by atoms with Crippen LogP contribution in [-0.4, -0.2) is 84.6 Å². The van der Waals surface area contributed by atoms with Crippen molar-refractivity contribution >= 4 is 5.69 Å². The minimum absolute atomic E-state index is 0.0435. The van der Waals surface area contributed by atoms with Crippen LogP contribution in [0.2, 0.25) is 0 Å². The molecule has 4 atom stereocenters. The quantitative estimate of drug-likeness (QED) is 0.331. The first-order valence-corrected chi connectivity index (χ1v) is 14.2. The van der Waals surface area contributed by atoms with Crippen molar-refractivity contribution in [3.63, 3.8) is 0 Å². The maximum absolute atomic E-state index is 10.2. The average molecular weight is 543 g/mol. The van der Waals surface area contributed by atoms with E-state index in [1.807, 2.05) is 0 Å². The summed E-state index contributed by atoms with van der Waals surface area (Å²) in [6, 6.07) is 14.9. The maximum atomic E-state index is 10.2. The summed E-state index contributed by atoms with van der Waals surface area (Å²) in [6.07, 6.45) is 0.935. The van der Waals surface area contributed by atoms with E-state index in [-0.39, 0.29) is 24.5 Å². The number of aliphatic hydroxyl groups excluding tert-OH is 1. The second kappa shape index (κ2) is 15.6. The molecule has 0 spiro atoms. The molecule has 2 aliphatic rings. The van der Waals surface area contributed by atoms with Crippen molar-refractivity contribution in [3.8, 4) is 5.75 Å². The summed E-state index contributed by atoms with van der Waals surface area (Å²) in [6.45, 7) is 9.48. The van der Waals surface area contributed by atoms with E-state index in [1.165, 1.54) is 5.56 Å². The third-order valence-electron chi connectivity index (χ3n) is 7.61. The van der Waals surface area contributed by atoms with Gasteiger partial charge in [0.1, 0.15) is 12.4 Å². The monoisotopic (exact) mass is 542 g/mol. The van der Waals surface area contributed by atoms with Crippen molar-refractivity contribution in [2.45, 2.75) is 38.6 Å². The Morgan fingerprint density at radius 2 is 1.85 bits per heavy atom. The predicted molar refractivity (Wildman–Crippen MR) is 153 cm³/mol. The number of anilines is 1. The van der Waals surface area contributed by atoms with Gasteiger partial charge >= 0.3 is 0 Å². The molecular formula is C31H46N2O6. The molecule has 8 heteroatoms. The topological polar surface area (TPSA) is 81.7 Å². The summed E-state index contributed by atoms with van der Waals surface area (Å²) in [5.74, 6) is 1.50. The summed E-state index contributed by atoms with van der Waals surface area (Å²) in [7, 11) is 3.46. The molecule has 1 saturated heterocycles. The first-order valence-electron chi connectivity index (χ1n) is 14.2. The van der Waals surface area contributed by atoms with E-state index in [2.05, 4.69) is 59.6 Å². The van der Waals surface area contributed by atoms with Crippen LogP contribution in [0.4, 0.5) is 5.69 Å². The van der Waals surface area contributed by atoms with E-state index >= 15 is 0 Å². The smallest absolute Gasteiger partial charge is 0.142 e. The number of nitrogens with one attached hydrogen (secondary N) is 1. The summed E-state index contributed by atoms with van der Waals surface area (Å²) in [5.41, 5.74) is 4.58. The molecule has 39 heavy (non-hydrogen) atoms. The van der Waals surface area contributed by atoms with Gasteiger partial charge in [-0.1, -0.05) is 37.3 Å². The van der Waals surface area contributed by atoms with Gasteiger partial charge in [0.15, 0.2) is 0 Å². The van der Waals surface area contributed by atoms with Gasteiger partial charge in [-0.15, -0.1) is 0 Å². The van der Waals surface area contributed by atoms with Crippen molar-refractivity contribution in [3.05, 3.63) is 59.2 Å². The Kier molecular flexibility index (Phi) is 11.9. The van der Waals surface area contributed by atoms with E-state index in [9.17, 15) is 5.11 Å². The number of benzene rings is 2. The lowest BCUT2D eigenvalue weighted by molar-refractivity contribution is -0.0151. The molecule has 2 heterocycles. The number of methoxy groups -OCH3 is 2. The Bertz CT molecular complexity index is 988. The molecule has 0 aromatic heterocycles. The van der Waals surface area contributed by atoms with Crippen molar-refractivity contribution in [2.75, 3.05) is 78.3 Å². The number of rotatable bonds is 15. The maximum Gasteiger partial charge on any atom is 0.142 e. The lowest BCUT2D eigenvalue weighted by Crippen LogP contribution is -2.47. The van der Waals surface area contributed by atoms with Crippen LogP contribution >= 0.6 is 0 Å². The van der Waals surface area contributed by atoms with Gasteiger partial charge in [-0.2, -0.15) is 0 Å². The summed E-state index contributed by atoms with van der Waals surface area (Å²) >= 11 is 0. The molecule has 2 N–H and O–H groups in total. The van der Waals surface area contributed by atoms with Crippen LogP contribution in [-0.2, 0) is 32.2 Å². The highest BCUT2D eigenvalue weighted by Crippen LogP contribution is 2.35. The number of hydrogen-bond acceptors (Lipinski definition) is 8. The molecule has 2 aromatic rings. The zero-order valence-electron chi connectivity index (χ0n) is 23.8. The third kappa shape index (κ3) is 8.39. The van der Waals surface area contributed by atoms with Gasteiger partial charge in [0.25, 0.3) is 0 Å². The highest BCUT2D eigenvalue weighted by atomic mass is 16.5. The Labute approximate surface area is 233 Å². The van der Waals surface area contributed by atoms with Gasteiger partial charge < -0.3 is 39.0 Å². The molecule has 2 aromatic carbocycles. The highest BCUT2D eigenvalue weighted by Gasteiger charge is 2.35. The van der Waals surface area contributed by atoms with Gasteiger partial charge in [0.2, 0.25) is 0 Å². The van der Waals surface area contributed by atoms with Gasteiger partial charge in [0.05, 0.1) is 44.8 Å². The zero-order chi connectivity index (χ0) is 27.5. The molecule has 0 aliphatic carbocycles. The largest absolute Gasteiger partial charge is 0.490 e. The molecule has 0 radical (unpaired) electrons. The third-order valence-corrected chi connectivity index (χ3v) is 7.61. The molecule has 1 fully saturated rings. The summed E-state index contributed by atoms with van der Waals surface area (Å²) in [4.78, 5) is 2.37. The van der Waals surface area contributed by atoms with Crippen LogP contribution in [0, 0.1) is 11.8 Å². The fraction of sp³-hybridized carbons (Fsp3) is 0.613. The number of piperidine rings is 1. The normalized spacial score (nSPS) is 21.8. The molecule has 0 amide bonds. The lowest BCUT2D eigenvalue weighted by Gasteiger charge is -2.38. The van der Waals surface area contributed by atoms with Crippen LogP contribution in [0.3, 0.4) is 0 Å². The second-order valence-electron chi connectivity index (χ2n) is 10.8. The summed E-state index contributed by atoms with van der Waals surface area (Å²) in [5, 5.41) is 13.7. The Morgan fingerprint density at radius 3 is 2.62 bits per heavy atom. The van der Waals surface area contributed by atoms with Gasteiger partial charge in [-0.05, 0) is 35.2 Å². The van der Waals surface area contributed by atoms with Gasteiger partial charge in [-0.25, -0.2) is 0 Å². The number of aliphatic hydroxyl groups is 1. The minimum atomic E-state index is -0.0435. The summed E-state index contributed by atoms with van der Waals surface area (Å²) < 4.78 is 28.8. The van der Waals surface area contributed by atoms with Crippen molar-refractivity contribution in [2.24, 2.45) is 11.8 Å². The van der Waals surface area contributed by atoms with Crippen LogP contribution in [0.15, 0.2) is 42.5 Å². The van der Waals surface area contributed by atoms with E-state index < -0.39 is 0 Å². The number of ether oxygens (including phenoxy) is 5. The van der Waals surface area contributed by atoms with Crippen molar-refractivity contribution < 1.29 is 28.8 Å². The molecule has 2 aliphatic heterocycles. The van der Waals surface area contributed by atoms with Crippen LogP contribution in [0.1, 0.15) is 36.0 Å². The van der Waals surface area contributed by atoms with Crippen LogP contribution < -0.4 is 15.0 Å². The molecule has 0 saturated carbocycles. The Balaban J connectivity index is 1.39. The number of fused-ring (bicyclic) bond motifs is 1. The van der Waals surface area contributed by atoms with E-state index in [1.54, 1.807) is 14.2 Å². The predicted octanol–water partition coefficient (Wildman–Crippen LogP) is 3.60. The Hall–Kier alpha value is -2.20. The first-order chi connectivity index (χ1) is 19.1. The van der Waals surface area contributed by atoms with Gasteiger partial charge in [-0.3, -0.25) is 0 Å². The lowest BCUT2D eigenvalue weighted by atomic mass is 9.79. The number of nitrogens with zero attached hydrogens (tertiary/aromatic N) is 1. The first kappa shape index (κ1) is 29.8.